The van der Waals surface area contributed by atoms with Crippen LogP contribution in [0.25, 0.3) is 0 Å². The number of methoxy groups -OCH3 is 2. The second kappa shape index (κ2) is 7.13. The van der Waals surface area contributed by atoms with Gasteiger partial charge < -0.3 is 19.5 Å². The summed E-state index contributed by atoms with van der Waals surface area (Å²) in [4.78, 5) is 14.2. The topological polar surface area (TPSA) is 59.0 Å². The van der Waals surface area contributed by atoms with Gasteiger partial charge in [0.25, 0.3) is 0 Å². The summed E-state index contributed by atoms with van der Waals surface area (Å²) in [6.45, 7) is 4.91. The van der Waals surface area contributed by atoms with Gasteiger partial charge in [0.15, 0.2) is 11.5 Å². The zero-order chi connectivity index (χ0) is 16.3. The fourth-order valence-electron chi connectivity index (χ4n) is 2.55. The van der Waals surface area contributed by atoms with Crippen molar-refractivity contribution in [2.45, 2.75) is 25.6 Å². The number of thioether (sulfide) groups is 1. The van der Waals surface area contributed by atoms with Crippen molar-refractivity contribution >= 4 is 17.7 Å². The lowest BCUT2D eigenvalue weighted by molar-refractivity contribution is -0.132. The van der Waals surface area contributed by atoms with Gasteiger partial charge in [-0.1, -0.05) is 13.8 Å². The lowest BCUT2D eigenvalue weighted by Crippen LogP contribution is -2.39. The van der Waals surface area contributed by atoms with Crippen LogP contribution < -0.4 is 9.47 Å². The molecule has 0 aromatic heterocycles. The molecule has 1 aliphatic heterocycles. The molecular weight excluding hydrogens is 302 g/mol. The van der Waals surface area contributed by atoms with Crippen molar-refractivity contribution in [2.75, 3.05) is 26.5 Å². The Morgan fingerprint density at radius 2 is 1.91 bits per heavy atom. The number of hydrogen-bond acceptors (Lipinski definition) is 5. The standard InChI is InChI=1S/C16H23NO4S/c1-10(2)9-17-14(18)5-6-22-16(17)11-7-12(20-3)15(19)13(8-11)21-4/h7-8,10,16,19H,5-6,9H2,1-4H3. The Hall–Kier alpha value is -1.56. The Labute approximate surface area is 135 Å². The van der Waals surface area contributed by atoms with Crippen LogP contribution in [0.3, 0.4) is 0 Å². The molecule has 1 saturated heterocycles. The molecule has 6 heteroatoms. The van der Waals surface area contributed by atoms with E-state index in [0.29, 0.717) is 30.4 Å². The fourth-order valence-corrected chi connectivity index (χ4v) is 3.77. The third-order valence-corrected chi connectivity index (χ3v) is 4.83. The van der Waals surface area contributed by atoms with Gasteiger partial charge >= 0.3 is 0 Å². The molecule has 1 aliphatic rings. The van der Waals surface area contributed by atoms with Crippen molar-refractivity contribution in [3.8, 4) is 17.2 Å². The highest BCUT2D eigenvalue weighted by atomic mass is 32.2. The molecule has 22 heavy (non-hydrogen) atoms. The van der Waals surface area contributed by atoms with Crippen LogP contribution >= 0.6 is 11.8 Å². The van der Waals surface area contributed by atoms with Gasteiger partial charge in [-0.05, 0) is 23.6 Å². The summed E-state index contributed by atoms with van der Waals surface area (Å²) in [5.74, 6) is 2.06. The van der Waals surface area contributed by atoms with Crippen LogP contribution in [0.5, 0.6) is 17.2 Å². The zero-order valence-corrected chi connectivity index (χ0v) is 14.3. The van der Waals surface area contributed by atoms with Crippen LogP contribution in [0.1, 0.15) is 31.2 Å². The summed E-state index contributed by atoms with van der Waals surface area (Å²) in [6, 6.07) is 3.56. The Balaban J connectivity index is 2.40. The maximum Gasteiger partial charge on any atom is 0.224 e. The van der Waals surface area contributed by atoms with Crippen molar-refractivity contribution in [1.82, 2.24) is 4.90 Å². The largest absolute Gasteiger partial charge is 0.502 e. The normalized spacial score (nSPS) is 18.7. The average molecular weight is 325 g/mol. The molecule has 1 heterocycles. The summed E-state index contributed by atoms with van der Waals surface area (Å²) >= 11 is 1.73. The van der Waals surface area contributed by atoms with E-state index < -0.39 is 0 Å². The minimum atomic E-state index is -0.0768. The smallest absolute Gasteiger partial charge is 0.224 e. The van der Waals surface area contributed by atoms with E-state index in [-0.39, 0.29) is 17.0 Å². The first kappa shape index (κ1) is 16.8. The molecule has 0 bridgehead atoms. The first-order valence-electron chi connectivity index (χ1n) is 7.33. The predicted octanol–water partition coefficient (Wildman–Crippen LogP) is 3.03. The van der Waals surface area contributed by atoms with E-state index >= 15 is 0 Å². The van der Waals surface area contributed by atoms with Gasteiger partial charge in [-0.3, -0.25) is 4.79 Å². The molecule has 1 unspecified atom stereocenters. The van der Waals surface area contributed by atoms with Crippen molar-refractivity contribution in [2.24, 2.45) is 5.92 Å². The third kappa shape index (κ3) is 3.43. The highest BCUT2D eigenvalue weighted by Gasteiger charge is 2.31. The molecule has 0 aliphatic carbocycles. The van der Waals surface area contributed by atoms with Gasteiger partial charge in [-0.2, -0.15) is 0 Å². The number of hydrogen-bond donors (Lipinski definition) is 1. The number of ether oxygens (including phenoxy) is 2. The Morgan fingerprint density at radius 1 is 1.32 bits per heavy atom. The molecule has 1 atom stereocenters. The van der Waals surface area contributed by atoms with Gasteiger partial charge in [0.2, 0.25) is 11.7 Å². The Bertz CT molecular complexity index is 522. The minimum absolute atomic E-state index is 0.0173. The Kier molecular flexibility index (Phi) is 5.45. The molecule has 1 N–H and O–H groups in total. The molecule has 1 fully saturated rings. The fraction of sp³-hybridized carbons (Fsp3) is 0.562. The van der Waals surface area contributed by atoms with Crippen LogP contribution in [0, 0.1) is 5.92 Å². The van der Waals surface area contributed by atoms with Gasteiger partial charge in [-0.15, -0.1) is 11.8 Å². The van der Waals surface area contributed by atoms with Crippen LogP contribution in [0.4, 0.5) is 0 Å². The SMILES string of the molecule is COc1cc(C2SCCC(=O)N2CC(C)C)cc(OC)c1O. The van der Waals surface area contributed by atoms with E-state index in [2.05, 4.69) is 13.8 Å². The summed E-state index contributed by atoms with van der Waals surface area (Å²) in [5, 5.41) is 9.96. The molecule has 0 radical (unpaired) electrons. The van der Waals surface area contributed by atoms with Crippen molar-refractivity contribution < 1.29 is 19.4 Å². The number of carbonyl (C=O) groups is 1. The van der Waals surface area contributed by atoms with E-state index in [1.807, 2.05) is 4.90 Å². The third-order valence-electron chi connectivity index (χ3n) is 3.54. The van der Waals surface area contributed by atoms with Gasteiger partial charge in [-0.25, -0.2) is 0 Å². The maximum absolute atomic E-state index is 12.3. The first-order chi connectivity index (χ1) is 10.5. The molecule has 1 amide bonds. The lowest BCUT2D eigenvalue weighted by Gasteiger charge is -2.36. The molecular formula is C16H23NO4S. The van der Waals surface area contributed by atoms with Crippen LogP contribution in [0.2, 0.25) is 0 Å². The van der Waals surface area contributed by atoms with Crippen LogP contribution in [-0.2, 0) is 4.79 Å². The van der Waals surface area contributed by atoms with Crippen molar-refractivity contribution in [3.05, 3.63) is 17.7 Å². The molecule has 2 rings (SSSR count). The molecule has 1 aromatic carbocycles. The molecule has 122 valence electrons. The summed E-state index contributed by atoms with van der Waals surface area (Å²) in [6.07, 6.45) is 0.570. The number of aromatic hydroxyl groups is 1. The maximum atomic E-state index is 12.3. The second-order valence-corrected chi connectivity index (χ2v) is 6.88. The van der Waals surface area contributed by atoms with Gasteiger partial charge in [0.1, 0.15) is 5.37 Å². The van der Waals surface area contributed by atoms with Crippen LogP contribution in [0.15, 0.2) is 12.1 Å². The number of phenols is 1. The van der Waals surface area contributed by atoms with E-state index in [4.69, 9.17) is 9.47 Å². The number of benzene rings is 1. The lowest BCUT2D eigenvalue weighted by atomic mass is 10.1. The minimum Gasteiger partial charge on any atom is -0.502 e. The molecule has 5 nitrogen and oxygen atoms in total. The van der Waals surface area contributed by atoms with Gasteiger partial charge in [0, 0.05) is 18.7 Å². The van der Waals surface area contributed by atoms with Crippen molar-refractivity contribution in [3.63, 3.8) is 0 Å². The van der Waals surface area contributed by atoms with E-state index in [1.165, 1.54) is 14.2 Å². The highest BCUT2D eigenvalue weighted by molar-refractivity contribution is 7.99. The van der Waals surface area contributed by atoms with Gasteiger partial charge in [0.05, 0.1) is 14.2 Å². The summed E-state index contributed by atoms with van der Waals surface area (Å²) < 4.78 is 10.4. The van der Waals surface area contributed by atoms with E-state index in [1.54, 1.807) is 23.9 Å². The molecule has 0 saturated carbocycles. The number of phenolic OH excluding ortho intramolecular Hbond substituents is 1. The second-order valence-electron chi connectivity index (χ2n) is 5.69. The number of nitrogens with zero attached hydrogens (tertiary/aromatic N) is 1. The summed E-state index contributed by atoms with van der Waals surface area (Å²) in [5.41, 5.74) is 0.908. The number of carbonyl (C=O) groups excluding carboxylic acids is 1. The average Bonchev–Trinajstić information content (AvgIpc) is 2.49. The first-order valence-corrected chi connectivity index (χ1v) is 8.38. The van der Waals surface area contributed by atoms with E-state index in [0.717, 1.165) is 11.3 Å². The highest BCUT2D eigenvalue weighted by Crippen LogP contribution is 2.44. The quantitative estimate of drug-likeness (QED) is 0.902. The summed E-state index contributed by atoms with van der Waals surface area (Å²) in [7, 11) is 3.01. The molecule has 0 spiro atoms. The van der Waals surface area contributed by atoms with E-state index in [9.17, 15) is 9.90 Å². The predicted molar refractivity (Wildman–Crippen MR) is 87.6 cm³/mol. The molecule has 1 aromatic rings. The van der Waals surface area contributed by atoms with Crippen molar-refractivity contribution in [1.29, 1.82) is 0 Å². The zero-order valence-electron chi connectivity index (χ0n) is 13.5. The Morgan fingerprint density at radius 3 is 2.41 bits per heavy atom. The number of rotatable bonds is 5. The van der Waals surface area contributed by atoms with Crippen LogP contribution in [-0.4, -0.2) is 42.4 Å². The number of amides is 1. The monoisotopic (exact) mass is 325 g/mol.